The average molecular weight is 234 g/mol. The summed E-state index contributed by atoms with van der Waals surface area (Å²) in [5, 5.41) is 0. The molecule has 15 heavy (non-hydrogen) atoms. The molecule has 0 unspecified atom stereocenters. The predicted molar refractivity (Wildman–Crippen MR) is 56.5 cm³/mol. The fraction of sp³-hybridized carbons (Fsp3) is 0.375. The first kappa shape index (κ1) is 13.7. The second kappa shape index (κ2) is 5.52. The third-order valence-corrected chi connectivity index (χ3v) is 1.37. The highest BCUT2D eigenvalue weighted by Crippen LogP contribution is 2.03. The Bertz CT molecular complexity index is 375. The lowest BCUT2D eigenvalue weighted by Gasteiger charge is -2.17. The summed E-state index contributed by atoms with van der Waals surface area (Å²) in [7, 11) is -1.77. The Morgan fingerprint density at radius 1 is 1.60 bits per heavy atom. The molecule has 0 radical (unpaired) electrons. The SMILES string of the molecule is CN1C=CC=C(C(N)=O)C1.CS(=O)(=O)O. The van der Waals surface area contributed by atoms with Gasteiger partial charge in [-0.05, 0) is 12.3 Å². The van der Waals surface area contributed by atoms with Gasteiger partial charge in [0.2, 0.25) is 5.91 Å². The number of allylic oxidation sites excluding steroid dienone is 2. The minimum absolute atomic E-state index is 0.337. The monoisotopic (exact) mass is 234 g/mol. The van der Waals surface area contributed by atoms with Crippen LogP contribution in [0.2, 0.25) is 0 Å². The minimum Gasteiger partial charge on any atom is -0.376 e. The highest BCUT2D eigenvalue weighted by atomic mass is 32.2. The van der Waals surface area contributed by atoms with Crippen molar-refractivity contribution in [3.63, 3.8) is 0 Å². The van der Waals surface area contributed by atoms with E-state index in [1.165, 1.54) is 0 Å². The first-order valence-electron chi connectivity index (χ1n) is 4.00. The molecule has 3 N–H and O–H groups in total. The van der Waals surface area contributed by atoms with E-state index >= 15 is 0 Å². The Labute approximate surface area is 88.8 Å². The Morgan fingerprint density at radius 3 is 2.33 bits per heavy atom. The molecule has 1 aliphatic rings. The number of nitrogens with zero attached hydrogens (tertiary/aromatic N) is 1. The van der Waals surface area contributed by atoms with Crippen LogP contribution in [0.1, 0.15) is 0 Å². The molecule has 6 nitrogen and oxygen atoms in total. The van der Waals surface area contributed by atoms with Crippen molar-refractivity contribution in [2.45, 2.75) is 0 Å². The molecule has 86 valence electrons. The van der Waals surface area contributed by atoms with Gasteiger partial charge in [-0.3, -0.25) is 9.35 Å². The van der Waals surface area contributed by atoms with Gasteiger partial charge in [-0.1, -0.05) is 6.08 Å². The summed E-state index contributed by atoms with van der Waals surface area (Å²) < 4.78 is 25.9. The zero-order chi connectivity index (χ0) is 12.1. The summed E-state index contributed by atoms with van der Waals surface area (Å²) in [5.74, 6) is -0.337. The van der Waals surface area contributed by atoms with Crippen molar-refractivity contribution >= 4 is 16.0 Å². The van der Waals surface area contributed by atoms with Gasteiger partial charge < -0.3 is 10.6 Å². The molecule has 1 amide bonds. The van der Waals surface area contributed by atoms with Crippen LogP contribution in [0.4, 0.5) is 0 Å². The fourth-order valence-electron chi connectivity index (χ4n) is 0.840. The summed E-state index contributed by atoms with van der Waals surface area (Å²) in [6.45, 7) is 0.617. The highest BCUT2D eigenvalue weighted by molar-refractivity contribution is 7.85. The first-order valence-corrected chi connectivity index (χ1v) is 5.85. The van der Waals surface area contributed by atoms with Gasteiger partial charge in [0.25, 0.3) is 10.1 Å². The Hall–Kier alpha value is -1.34. The second-order valence-corrected chi connectivity index (χ2v) is 4.51. The number of carbonyl (C=O) groups is 1. The summed E-state index contributed by atoms with van der Waals surface area (Å²) >= 11 is 0. The molecule has 0 saturated carbocycles. The zero-order valence-corrected chi connectivity index (χ0v) is 9.36. The van der Waals surface area contributed by atoms with Crippen molar-refractivity contribution in [1.29, 1.82) is 0 Å². The average Bonchev–Trinajstić information content (AvgIpc) is 2.00. The van der Waals surface area contributed by atoms with E-state index in [1.807, 2.05) is 24.2 Å². The number of primary amides is 1. The molecule has 0 fully saturated rings. The normalized spacial score (nSPS) is 15.1. The summed E-state index contributed by atoms with van der Waals surface area (Å²) in [6, 6.07) is 0. The van der Waals surface area contributed by atoms with Crippen LogP contribution >= 0.6 is 0 Å². The van der Waals surface area contributed by atoms with Crippen molar-refractivity contribution in [1.82, 2.24) is 4.90 Å². The van der Waals surface area contributed by atoms with Crippen molar-refractivity contribution in [3.8, 4) is 0 Å². The topological polar surface area (TPSA) is 101 Å². The van der Waals surface area contributed by atoms with Crippen LogP contribution in [0, 0.1) is 0 Å². The number of amides is 1. The fourth-order valence-corrected chi connectivity index (χ4v) is 0.840. The maximum atomic E-state index is 10.6. The van der Waals surface area contributed by atoms with E-state index < -0.39 is 10.1 Å². The molecule has 0 aliphatic carbocycles. The summed E-state index contributed by atoms with van der Waals surface area (Å²) in [5.41, 5.74) is 5.72. The number of rotatable bonds is 1. The second-order valence-electron chi connectivity index (χ2n) is 3.05. The predicted octanol–water partition coefficient (Wildman–Crippen LogP) is -0.639. The van der Waals surface area contributed by atoms with Gasteiger partial charge in [0, 0.05) is 19.2 Å². The lowest BCUT2D eigenvalue weighted by Crippen LogP contribution is -2.25. The van der Waals surface area contributed by atoms with Gasteiger partial charge >= 0.3 is 0 Å². The summed E-state index contributed by atoms with van der Waals surface area (Å²) in [4.78, 5) is 12.5. The van der Waals surface area contributed by atoms with Crippen LogP contribution in [0.15, 0.2) is 23.9 Å². The van der Waals surface area contributed by atoms with Gasteiger partial charge in [0.1, 0.15) is 0 Å². The van der Waals surface area contributed by atoms with Gasteiger partial charge in [-0.2, -0.15) is 8.42 Å². The molecule has 0 aromatic rings. The van der Waals surface area contributed by atoms with Crippen molar-refractivity contribution in [3.05, 3.63) is 23.9 Å². The molecule has 0 saturated heterocycles. The van der Waals surface area contributed by atoms with E-state index in [4.69, 9.17) is 10.3 Å². The number of carbonyl (C=O) groups excluding carboxylic acids is 1. The molecular weight excluding hydrogens is 220 g/mol. The largest absolute Gasteiger partial charge is 0.376 e. The van der Waals surface area contributed by atoms with Crippen LogP contribution in [-0.2, 0) is 14.9 Å². The quantitative estimate of drug-likeness (QED) is 0.588. The van der Waals surface area contributed by atoms with Gasteiger partial charge in [0.15, 0.2) is 0 Å². The smallest absolute Gasteiger partial charge is 0.261 e. The Kier molecular flexibility index (Phi) is 5.03. The third-order valence-electron chi connectivity index (χ3n) is 1.37. The summed E-state index contributed by atoms with van der Waals surface area (Å²) in [6.07, 6.45) is 6.16. The van der Waals surface area contributed by atoms with Crippen molar-refractivity contribution in [2.24, 2.45) is 5.73 Å². The Balaban J connectivity index is 0.000000336. The van der Waals surface area contributed by atoms with E-state index in [0.29, 0.717) is 18.4 Å². The first-order chi connectivity index (χ1) is 6.70. The molecule has 7 heteroatoms. The number of likely N-dealkylation sites (N-methyl/N-ethyl adjacent to an activating group) is 1. The molecule has 0 spiro atoms. The van der Waals surface area contributed by atoms with E-state index in [2.05, 4.69) is 0 Å². The number of hydrogen-bond donors (Lipinski definition) is 2. The maximum Gasteiger partial charge on any atom is 0.261 e. The molecule has 0 atom stereocenters. The van der Waals surface area contributed by atoms with Crippen LogP contribution < -0.4 is 5.73 Å². The minimum atomic E-state index is -3.67. The third kappa shape index (κ3) is 8.98. The van der Waals surface area contributed by atoms with Crippen LogP contribution in [-0.4, -0.2) is 43.6 Å². The van der Waals surface area contributed by atoms with Gasteiger partial charge in [0.05, 0.1) is 6.26 Å². The van der Waals surface area contributed by atoms with E-state index in [0.717, 1.165) is 0 Å². The number of hydrogen-bond acceptors (Lipinski definition) is 4. The lowest BCUT2D eigenvalue weighted by molar-refractivity contribution is -0.114. The Morgan fingerprint density at radius 2 is 2.07 bits per heavy atom. The van der Waals surface area contributed by atoms with E-state index in [1.54, 1.807) is 6.08 Å². The van der Waals surface area contributed by atoms with Crippen LogP contribution in [0.25, 0.3) is 0 Å². The van der Waals surface area contributed by atoms with Crippen molar-refractivity contribution < 1.29 is 17.8 Å². The van der Waals surface area contributed by atoms with Gasteiger partial charge in [-0.15, -0.1) is 0 Å². The molecule has 1 aliphatic heterocycles. The van der Waals surface area contributed by atoms with Crippen LogP contribution in [0.5, 0.6) is 0 Å². The van der Waals surface area contributed by atoms with Crippen LogP contribution in [0.3, 0.4) is 0 Å². The zero-order valence-electron chi connectivity index (χ0n) is 8.54. The van der Waals surface area contributed by atoms with E-state index in [9.17, 15) is 13.2 Å². The standard InChI is InChI=1S/C7H10N2O.CH4O3S/c1-9-4-2-3-6(5-9)7(8)10;1-5(2,3)4/h2-4H,5H2,1H3,(H2,8,10);1H3,(H,2,3,4). The molecule has 1 rings (SSSR count). The molecule has 0 bridgehead atoms. The lowest BCUT2D eigenvalue weighted by atomic mass is 10.2. The highest BCUT2D eigenvalue weighted by Gasteiger charge is 2.07. The number of nitrogens with two attached hydrogens (primary N) is 1. The van der Waals surface area contributed by atoms with Crippen molar-refractivity contribution in [2.75, 3.05) is 19.8 Å². The maximum absolute atomic E-state index is 10.6. The molecule has 1 heterocycles. The molecular formula is C8H14N2O4S. The van der Waals surface area contributed by atoms with Gasteiger partial charge in [-0.25, -0.2) is 0 Å². The molecule has 0 aromatic heterocycles. The van der Waals surface area contributed by atoms with E-state index in [-0.39, 0.29) is 5.91 Å². The molecule has 0 aromatic carbocycles.